The average molecular weight is 272 g/mol. The Morgan fingerprint density at radius 2 is 1.85 bits per heavy atom. The summed E-state index contributed by atoms with van der Waals surface area (Å²) in [7, 11) is 2.94. The lowest BCUT2D eigenvalue weighted by molar-refractivity contribution is 0.0956. The van der Waals surface area contributed by atoms with E-state index in [0.29, 0.717) is 5.88 Å². The molecule has 0 spiro atoms. The van der Waals surface area contributed by atoms with Gasteiger partial charge in [0.15, 0.2) is 11.5 Å². The minimum Gasteiger partial charge on any atom is -0.480 e. The third-order valence-electron chi connectivity index (χ3n) is 3.05. The van der Waals surface area contributed by atoms with E-state index in [1.807, 2.05) is 37.3 Å². The molecule has 0 saturated carbocycles. The second-order valence-electron chi connectivity index (χ2n) is 4.27. The van der Waals surface area contributed by atoms with Gasteiger partial charge in [0.2, 0.25) is 11.8 Å². The largest absolute Gasteiger partial charge is 0.480 e. The summed E-state index contributed by atoms with van der Waals surface area (Å²) < 4.78 is 10.1. The summed E-state index contributed by atoms with van der Waals surface area (Å²) in [4.78, 5) is 20.7. The van der Waals surface area contributed by atoms with Crippen LogP contribution in [0.15, 0.2) is 36.5 Å². The van der Waals surface area contributed by atoms with E-state index in [1.165, 1.54) is 20.4 Å². The van der Waals surface area contributed by atoms with Crippen molar-refractivity contribution in [2.45, 2.75) is 12.8 Å². The molecule has 0 aliphatic rings. The van der Waals surface area contributed by atoms with E-state index < -0.39 is 0 Å². The van der Waals surface area contributed by atoms with Crippen LogP contribution in [0, 0.1) is 0 Å². The lowest BCUT2D eigenvalue weighted by Crippen LogP contribution is -2.14. The van der Waals surface area contributed by atoms with Crippen LogP contribution >= 0.6 is 0 Å². The molecule has 2 aromatic rings. The lowest BCUT2D eigenvalue weighted by Gasteiger charge is -2.12. The second kappa shape index (κ2) is 6.14. The fraction of sp³-hybridized carbons (Fsp3) is 0.267. The molecule has 0 radical (unpaired) electrons. The average Bonchev–Trinajstić information content (AvgIpc) is 2.53. The lowest BCUT2D eigenvalue weighted by atomic mass is 9.95. The van der Waals surface area contributed by atoms with Crippen molar-refractivity contribution in [2.75, 3.05) is 14.2 Å². The molecule has 1 atom stereocenters. The summed E-state index contributed by atoms with van der Waals surface area (Å²) in [5.74, 6) is 0.0406. The van der Waals surface area contributed by atoms with Gasteiger partial charge in [-0.15, -0.1) is 0 Å². The van der Waals surface area contributed by atoms with Gasteiger partial charge in [0.25, 0.3) is 0 Å². The van der Waals surface area contributed by atoms with Crippen molar-refractivity contribution in [1.82, 2.24) is 9.97 Å². The number of ether oxygens (including phenoxy) is 2. The molecular weight excluding hydrogens is 256 g/mol. The van der Waals surface area contributed by atoms with Gasteiger partial charge in [-0.1, -0.05) is 37.3 Å². The highest BCUT2D eigenvalue weighted by molar-refractivity contribution is 6.00. The zero-order valence-electron chi connectivity index (χ0n) is 11.7. The SMILES string of the molecule is COc1cnc(C(=O)C(C)c2ccccc2)c(OC)n1. The number of Topliss-reactive ketones (excluding diaryl/α,β-unsaturated/α-hetero) is 1. The molecule has 0 amide bonds. The Balaban J connectivity index is 2.33. The molecule has 2 rings (SSSR count). The van der Waals surface area contributed by atoms with Crippen LogP contribution in [0.3, 0.4) is 0 Å². The molecular formula is C15H16N2O3. The number of nitrogens with zero attached hydrogens (tertiary/aromatic N) is 2. The monoisotopic (exact) mass is 272 g/mol. The predicted octanol–water partition coefficient (Wildman–Crippen LogP) is 2.48. The standard InChI is InChI=1S/C15H16N2O3/c1-10(11-7-5-4-6-8-11)14(18)13-15(20-3)17-12(19-2)9-16-13/h4-10H,1-3H3. The number of benzene rings is 1. The van der Waals surface area contributed by atoms with Gasteiger partial charge < -0.3 is 9.47 Å². The van der Waals surface area contributed by atoms with Crippen LogP contribution in [-0.2, 0) is 0 Å². The quantitative estimate of drug-likeness (QED) is 0.782. The third kappa shape index (κ3) is 2.77. The zero-order chi connectivity index (χ0) is 14.5. The van der Waals surface area contributed by atoms with Gasteiger partial charge in [-0.25, -0.2) is 4.98 Å². The molecule has 104 valence electrons. The number of methoxy groups -OCH3 is 2. The van der Waals surface area contributed by atoms with E-state index in [2.05, 4.69) is 9.97 Å². The zero-order valence-corrected chi connectivity index (χ0v) is 11.7. The number of rotatable bonds is 5. The third-order valence-corrected chi connectivity index (χ3v) is 3.05. The topological polar surface area (TPSA) is 61.3 Å². The Kier molecular flexibility index (Phi) is 4.30. The number of hydrogen-bond donors (Lipinski definition) is 0. The number of aromatic nitrogens is 2. The van der Waals surface area contributed by atoms with Crippen molar-refractivity contribution < 1.29 is 14.3 Å². The first-order valence-corrected chi connectivity index (χ1v) is 6.21. The summed E-state index contributed by atoms with van der Waals surface area (Å²) in [6.45, 7) is 1.84. The van der Waals surface area contributed by atoms with E-state index in [0.717, 1.165) is 5.56 Å². The van der Waals surface area contributed by atoms with Gasteiger partial charge in [-0.2, -0.15) is 4.98 Å². The summed E-state index contributed by atoms with van der Waals surface area (Å²) in [5.41, 5.74) is 1.14. The Bertz CT molecular complexity index is 599. The normalized spacial score (nSPS) is 11.8. The summed E-state index contributed by atoms with van der Waals surface area (Å²) >= 11 is 0. The fourth-order valence-electron chi connectivity index (χ4n) is 1.86. The van der Waals surface area contributed by atoms with Crippen LogP contribution in [0.1, 0.15) is 28.9 Å². The summed E-state index contributed by atoms with van der Waals surface area (Å²) in [5, 5.41) is 0. The first kappa shape index (κ1) is 14.0. The molecule has 0 bridgehead atoms. The van der Waals surface area contributed by atoms with Gasteiger partial charge in [0, 0.05) is 5.92 Å². The van der Waals surface area contributed by atoms with Crippen LogP contribution in [-0.4, -0.2) is 30.0 Å². The highest BCUT2D eigenvalue weighted by Gasteiger charge is 2.23. The number of carbonyl (C=O) groups is 1. The van der Waals surface area contributed by atoms with Crippen molar-refractivity contribution in [3.8, 4) is 11.8 Å². The molecule has 0 aliphatic carbocycles. The van der Waals surface area contributed by atoms with Gasteiger partial charge in [0.05, 0.1) is 20.4 Å². The Morgan fingerprint density at radius 3 is 2.45 bits per heavy atom. The molecule has 1 aromatic heterocycles. The Hall–Kier alpha value is -2.43. The van der Waals surface area contributed by atoms with Crippen LogP contribution in [0.4, 0.5) is 0 Å². The maximum Gasteiger partial charge on any atom is 0.246 e. The minimum absolute atomic E-state index is 0.136. The molecule has 1 heterocycles. The number of carbonyl (C=O) groups excluding carboxylic acids is 1. The smallest absolute Gasteiger partial charge is 0.246 e. The highest BCUT2D eigenvalue weighted by Crippen LogP contribution is 2.24. The van der Waals surface area contributed by atoms with Crippen molar-refractivity contribution in [2.24, 2.45) is 0 Å². The van der Waals surface area contributed by atoms with Crippen molar-refractivity contribution >= 4 is 5.78 Å². The number of hydrogen-bond acceptors (Lipinski definition) is 5. The van der Waals surface area contributed by atoms with E-state index in [-0.39, 0.29) is 23.3 Å². The molecule has 1 unspecified atom stereocenters. The molecule has 0 aliphatic heterocycles. The predicted molar refractivity (Wildman–Crippen MR) is 74.3 cm³/mol. The van der Waals surface area contributed by atoms with Crippen molar-refractivity contribution in [3.05, 3.63) is 47.8 Å². The van der Waals surface area contributed by atoms with Gasteiger partial charge in [0.1, 0.15) is 0 Å². The first-order chi connectivity index (χ1) is 9.67. The molecule has 0 saturated heterocycles. The van der Waals surface area contributed by atoms with E-state index in [1.54, 1.807) is 0 Å². The van der Waals surface area contributed by atoms with Gasteiger partial charge in [-0.3, -0.25) is 4.79 Å². The molecule has 20 heavy (non-hydrogen) atoms. The first-order valence-electron chi connectivity index (χ1n) is 6.21. The Morgan fingerprint density at radius 1 is 1.15 bits per heavy atom. The van der Waals surface area contributed by atoms with Crippen molar-refractivity contribution in [3.63, 3.8) is 0 Å². The maximum absolute atomic E-state index is 12.5. The summed E-state index contributed by atoms with van der Waals surface area (Å²) in [6, 6.07) is 9.53. The molecule has 0 N–H and O–H groups in total. The van der Waals surface area contributed by atoms with E-state index in [4.69, 9.17) is 9.47 Å². The maximum atomic E-state index is 12.5. The van der Waals surface area contributed by atoms with Crippen LogP contribution in [0.2, 0.25) is 0 Å². The molecule has 5 heteroatoms. The van der Waals surface area contributed by atoms with Crippen molar-refractivity contribution in [1.29, 1.82) is 0 Å². The molecule has 1 aromatic carbocycles. The minimum atomic E-state index is -0.312. The van der Waals surface area contributed by atoms with Crippen LogP contribution in [0.5, 0.6) is 11.8 Å². The Labute approximate surface area is 117 Å². The van der Waals surface area contributed by atoms with Crippen LogP contribution < -0.4 is 9.47 Å². The molecule has 0 fully saturated rings. The second-order valence-corrected chi connectivity index (χ2v) is 4.27. The summed E-state index contributed by atoms with van der Waals surface area (Å²) in [6.07, 6.45) is 1.41. The number of ketones is 1. The van der Waals surface area contributed by atoms with E-state index in [9.17, 15) is 4.79 Å². The highest BCUT2D eigenvalue weighted by atomic mass is 16.5. The molecule has 5 nitrogen and oxygen atoms in total. The van der Waals surface area contributed by atoms with E-state index >= 15 is 0 Å². The van der Waals surface area contributed by atoms with Gasteiger partial charge in [-0.05, 0) is 5.56 Å². The van der Waals surface area contributed by atoms with Gasteiger partial charge >= 0.3 is 0 Å². The fourth-order valence-corrected chi connectivity index (χ4v) is 1.86. The van der Waals surface area contributed by atoms with Crippen LogP contribution in [0.25, 0.3) is 0 Å².